The summed E-state index contributed by atoms with van der Waals surface area (Å²) in [6.45, 7) is 4.67. The number of para-hydroxylation sites is 1. The van der Waals surface area contributed by atoms with E-state index in [1.165, 1.54) is 7.11 Å². The maximum Gasteiger partial charge on any atom is 0.344 e. The van der Waals surface area contributed by atoms with Crippen LogP contribution in [0.4, 0.5) is 5.69 Å². The molecule has 0 unspecified atom stereocenters. The Morgan fingerprint density at radius 2 is 1.77 bits per heavy atom. The van der Waals surface area contributed by atoms with Gasteiger partial charge in [-0.25, -0.2) is 9.79 Å². The lowest BCUT2D eigenvalue weighted by molar-refractivity contribution is -0.135. The summed E-state index contributed by atoms with van der Waals surface area (Å²) in [7, 11) is 1.24. The maximum absolute atomic E-state index is 12.3. The summed E-state index contributed by atoms with van der Waals surface area (Å²) in [5, 5.41) is 21.5. The lowest BCUT2D eigenvalue weighted by atomic mass is 10.1. The summed E-state index contributed by atoms with van der Waals surface area (Å²) in [5.74, 6) is 0.0250. The van der Waals surface area contributed by atoms with Crippen molar-refractivity contribution in [3.05, 3.63) is 64.3 Å². The normalized spacial score (nSPS) is 16.1. The molecule has 0 amide bonds. The van der Waals surface area contributed by atoms with Crippen molar-refractivity contribution in [1.29, 1.82) is 0 Å². The van der Waals surface area contributed by atoms with E-state index in [4.69, 9.17) is 14.2 Å². The van der Waals surface area contributed by atoms with Crippen LogP contribution in [0.15, 0.2) is 63.7 Å². The van der Waals surface area contributed by atoms with Crippen LogP contribution in [-0.4, -0.2) is 41.5 Å². The van der Waals surface area contributed by atoms with Gasteiger partial charge in [0.2, 0.25) is 0 Å². The fraction of sp³-hybridized carbons (Fsp3) is 0.217. The number of phenols is 1. The molecule has 7 nitrogen and oxygen atoms in total. The van der Waals surface area contributed by atoms with Crippen molar-refractivity contribution in [3.8, 4) is 17.2 Å². The van der Waals surface area contributed by atoms with Crippen molar-refractivity contribution in [3.63, 3.8) is 0 Å². The Morgan fingerprint density at radius 3 is 2.42 bits per heavy atom. The van der Waals surface area contributed by atoms with E-state index in [0.29, 0.717) is 45.9 Å². The van der Waals surface area contributed by atoms with E-state index < -0.39 is 5.97 Å². The van der Waals surface area contributed by atoms with Gasteiger partial charge in [-0.2, -0.15) is 0 Å². The molecule has 0 atom stereocenters. The minimum atomic E-state index is -0.703. The van der Waals surface area contributed by atoms with E-state index in [9.17, 15) is 15.0 Å². The number of benzene rings is 2. The third-order valence-corrected chi connectivity index (χ3v) is 5.30. The van der Waals surface area contributed by atoms with Crippen LogP contribution in [-0.2, 0) is 9.53 Å². The molecule has 0 bridgehead atoms. The lowest BCUT2D eigenvalue weighted by Crippen LogP contribution is -2.10. The molecule has 1 aliphatic rings. The van der Waals surface area contributed by atoms with E-state index in [0.717, 1.165) is 11.8 Å². The molecule has 3 rings (SSSR count). The van der Waals surface area contributed by atoms with E-state index in [1.54, 1.807) is 48.5 Å². The number of phenolic OH excluding ortho intramolecular Hbond substituents is 1. The van der Waals surface area contributed by atoms with Gasteiger partial charge < -0.3 is 24.4 Å². The van der Waals surface area contributed by atoms with Crippen molar-refractivity contribution < 1.29 is 29.2 Å². The molecule has 2 N–H and O–H groups in total. The smallest absolute Gasteiger partial charge is 0.344 e. The number of thioether (sulfide) groups is 1. The Morgan fingerprint density at radius 1 is 1.06 bits per heavy atom. The van der Waals surface area contributed by atoms with Gasteiger partial charge in [0.1, 0.15) is 22.1 Å². The number of rotatable bonds is 7. The lowest BCUT2D eigenvalue weighted by Gasteiger charge is -2.08. The SMILES string of the molecule is CCOc1ccc(N=C2SC(=Cc3cccc(OCC)c3O)C(O)=C2C(=O)OC)cc1. The van der Waals surface area contributed by atoms with Crippen LogP contribution in [0.3, 0.4) is 0 Å². The molecule has 0 saturated heterocycles. The maximum atomic E-state index is 12.3. The van der Waals surface area contributed by atoms with Crippen molar-refractivity contribution >= 4 is 34.5 Å². The zero-order chi connectivity index (χ0) is 22.4. The Bertz CT molecular complexity index is 1060. The highest BCUT2D eigenvalue weighted by Crippen LogP contribution is 2.42. The van der Waals surface area contributed by atoms with Crippen molar-refractivity contribution in [2.75, 3.05) is 20.3 Å². The number of aliphatic hydroxyl groups is 1. The summed E-state index contributed by atoms with van der Waals surface area (Å²) < 4.78 is 15.7. The average molecular weight is 442 g/mol. The van der Waals surface area contributed by atoms with Crippen molar-refractivity contribution in [1.82, 2.24) is 0 Å². The zero-order valence-corrected chi connectivity index (χ0v) is 18.2. The van der Waals surface area contributed by atoms with Gasteiger partial charge in [0.15, 0.2) is 11.5 Å². The van der Waals surface area contributed by atoms with E-state index in [2.05, 4.69) is 4.99 Å². The molecule has 31 heavy (non-hydrogen) atoms. The first-order valence-corrected chi connectivity index (χ1v) is 10.5. The third kappa shape index (κ3) is 5.03. The van der Waals surface area contributed by atoms with Gasteiger partial charge in [-0.15, -0.1) is 0 Å². The van der Waals surface area contributed by atoms with Crippen LogP contribution in [0, 0.1) is 0 Å². The monoisotopic (exact) mass is 441 g/mol. The summed E-state index contributed by atoms with van der Waals surface area (Å²) >= 11 is 1.11. The fourth-order valence-electron chi connectivity index (χ4n) is 2.86. The predicted octanol–water partition coefficient (Wildman–Crippen LogP) is 4.99. The van der Waals surface area contributed by atoms with Gasteiger partial charge >= 0.3 is 5.97 Å². The molecule has 2 aromatic carbocycles. The second-order valence-electron chi connectivity index (χ2n) is 6.30. The van der Waals surface area contributed by atoms with Crippen molar-refractivity contribution in [2.45, 2.75) is 13.8 Å². The molecule has 0 fully saturated rings. The number of hydrogen-bond acceptors (Lipinski definition) is 8. The number of carbonyl (C=O) groups is 1. The fourth-order valence-corrected chi connectivity index (χ4v) is 3.89. The third-order valence-electron chi connectivity index (χ3n) is 4.28. The standard InChI is InChI=1S/C23H23NO6S/c1-4-29-16-11-9-15(10-12-16)24-22-19(23(27)28-3)21(26)18(31-22)13-14-7-6-8-17(20(14)25)30-5-2/h6-13,25-26H,4-5H2,1-3H3. The minimum Gasteiger partial charge on any atom is -0.506 e. The predicted molar refractivity (Wildman–Crippen MR) is 121 cm³/mol. The van der Waals surface area contributed by atoms with E-state index >= 15 is 0 Å². The number of aromatic hydroxyl groups is 1. The molecule has 162 valence electrons. The number of aliphatic imine (C=N–C) groups is 1. The molecular formula is C23H23NO6S. The molecule has 0 radical (unpaired) electrons. The molecule has 1 heterocycles. The molecule has 0 aliphatic carbocycles. The number of carbonyl (C=O) groups excluding carboxylic acids is 1. The number of hydrogen-bond donors (Lipinski definition) is 2. The van der Waals surface area contributed by atoms with Crippen LogP contribution < -0.4 is 9.47 Å². The molecule has 2 aromatic rings. The van der Waals surface area contributed by atoms with Crippen LogP contribution in [0.1, 0.15) is 19.4 Å². The molecule has 8 heteroatoms. The Labute approximate surface area is 184 Å². The van der Waals surface area contributed by atoms with Crippen LogP contribution in [0.25, 0.3) is 6.08 Å². The molecule has 0 aromatic heterocycles. The Kier molecular flexibility index (Phi) is 7.25. The average Bonchev–Trinajstić information content (AvgIpc) is 3.07. The second-order valence-corrected chi connectivity index (χ2v) is 7.33. The summed E-state index contributed by atoms with van der Waals surface area (Å²) in [4.78, 5) is 17.2. The van der Waals surface area contributed by atoms with Crippen molar-refractivity contribution in [2.24, 2.45) is 4.99 Å². The van der Waals surface area contributed by atoms with E-state index in [-0.39, 0.29) is 17.1 Å². The highest BCUT2D eigenvalue weighted by molar-refractivity contribution is 8.18. The number of esters is 1. The minimum absolute atomic E-state index is 0.0342. The number of ether oxygens (including phenoxy) is 3. The molecule has 0 saturated carbocycles. The van der Waals surface area contributed by atoms with Gasteiger partial charge in [-0.1, -0.05) is 23.9 Å². The Balaban J connectivity index is 2.00. The quantitative estimate of drug-likeness (QED) is 0.584. The van der Waals surface area contributed by atoms with Crippen LogP contribution >= 0.6 is 11.8 Å². The number of methoxy groups -OCH3 is 1. The number of aliphatic hydroxyl groups excluding tert-OH is 1. The molecular weight excluding hydrogens is 418 g/mol. The highest BCUT2D eigenvalue weighted by atomic mass is 32.2. The topological polar surface area (TPSA) is 97.6 Å². The first-order valence-electron chi connectivity index (χ1n) is 9.66. The van der Waals surface area contributed by atoms with E-state index in [1.807, 2.05) is 13.8 Å². The van der Waals surface area contributed by atoms with Crippen LogP contribution in [0.5, 0.6) is 17.2 Å². The first kappa shape index (κ1) is 22.3. The first-order chi connectivity index (χ1) is 15.0. The van der Waals surface area contributed by atoms with Gasteiger partial charge in [-0.3, -0.25) is 0 Å². The summed E-state index contributed by atoms with van der Waals surface area (Å²) in [6.07, 6.45) is 1.57. The van der Waals surface area contributed by atoms with Gasteiger partial charge in [-0.05, 0) is 50.3 Å². The van der Waals surface area contributed by atoms with Gasteiger partial charge in [0.05, 0.1) is 30.9 Å². The van der Waals surface area contributed by atoms with Crippen LogP contribution in [0.2, 0.25) is 0 Å². The zero-order valence-electron chi connectivity index (χ0n) is 17.4. The number of nitrogens with zero attached hydrogens (tertiary/aromatic N) is 1. The summed E-state index contributed by atoms with van der Waals surface area (Å²) in [5.41, 5.74) is 0.988. The summed E-state index contributed by atoms with van der Waals surface area (Å²) in [6, 6.07) is 12.1. The largest absolute Gasteiger partial charge is 0.506 e. The molecule has 1 aliphatic heterocycles. The second kappa shape index (κ2) is 10.1. The van der Waals surface area contributed by atoms with Gasteiger partial charge in [0.25, 0.3) is 0 Å². The van der Waals surface area contributed by atoms with Gasteiger partial charge in [0, 0.05) is 5.56 Å². The molecule has 0 spiro atoms. The Hall–Kier alpha value is -3.39. The highest BCUT2D eigenvalue weighted by Gasteiger charge is 2.33.